The van der Waals surface area contributed by atoms with Crippen molar-refractivity contribution in [2.75, 3.05) is 18.5 Å². The summed E-state index contributed by atoms with van der Waals surface area (Å²) in [5.41, 5.74) is 5.09. The molecule has 0 amide bonds. The topological polar surface area (TPSA) is 28.2 Å². The van der Waals surface area contributed by atoms with E-state index in [1.165, 1.54) is 16.8 Å². The molecule has 0 saturated heterocycles. The van der Waals surface area contributed by atoms with Gasteiger partial charge in [-0.25, -0.2) is 4.98 Å². The van der Waals surface area contributed by atoms with Gasteiger partial charge < -0.3 is 10.2 Å². The molecule has 2 rings (SSSR count). The highest BCUT2D eigenvalue weighted by molar-refractivity contribution is 7.09. The van der Waals surface area contributed by atoms with Crippen LogP contribution in [0.1, 0.15) is 28.8 Å². The predicted molar refractivity (Wildman–Crippen MR) is 87.5 cm³/mol. The second-order valence-electron chi connectivity index (χ2n) is 5.11. The fourth-order valence-corrected chi connectivity index (χ4v) is 2.79. The van der Waals surface area contributed by atoms with Crippen molar-refractivity contribution >= 4 is 17.0 Å². The van der Waals surface area contributed by atoms with Crippen LogP contribution in [0.3, 0.4) is 0 Å². The number of nitrogens with zero attached hydrogens (tertiary/aromatic N) is 2. The molecular weight excluding hydrogens is 266 g/mol. The number of thiazole rings is 1. The van der Waals surface area contributed by atoms with Crippen molar-refractivity contribution in [1.29, 1.82) is 0 Å². The largest absolute Gasteiger partial charge is 0.369 e. The highest BCUT2D eigenvalue weighted by Crippen LogP contribution is 2.20. The second-order valence-corrected chi connectivity index (χ2v) is 6.17. The molecule has 1 aromatic carbocycles. The van der Waals surface area contributed by atoms with Gasteiger partial charge in [-0.05, 0) is 43.7 Å². The minimum absolute atomic E-state index is 0.857. The van der Waals surface area contributed by atoms with Crippen molar-refractivity contribution in [3.63, 3.8) is 0 Å². The lowest BCUT2D eigenvalue weighted by Crippen LogP contribution is -2.17. The third-order valence-electron chi connectivity index (χ3n) is 3.40. The minimum Gasteiger partial charge on any atom is -0.369 e. The van der Waals surface area contributed by atoms with Gasteiger partial charge in [-0.15, -0.1) is 11.3 Å². The van der Waals surface area contributed by atoms with Crippen LogP contribution in [0.2, 0.25) is 0 Å². The van der Waals surface area contributed by atoms with E-state index in [1.54, 1.807) is 11.3 Å². The van der Waals surface area contributed by atoms with Crippen LogP contribution in [0.4, 0.5) is 5.69 Å². The van der Waals surface area contributed by atoms with Gasteiger partial charge in [-0.3, -0.25) is 0 Å². The number of benzene rings is 1. The monoisotopic (exact) mass is 289 g/mol. The molecule has 0 spiro atoms. The number of aryl methyl sites for hydroxylation is 2. The highest BCUT2D eigenvalue weighted by Gasteiger charge is 2.07. The number of nitrogens with one attached hydrogen (secondary N) is 1. The Labute approximate surface area is 125 Å². The van der Waals surface area contributed by atoms with Crippen molar-refractivity contribution in [1.82, 2.24) is 10.3 Å². The summed E-state index contributed by atoms with van der Waals surface area (Å²) in [7, 11) is 2.12. The van der Waals surface area contributed by atoms with Crippen LogP contribution >= 0.6 is 11.3 Å². The summed E-state index contributed by atoms with van der Waals surface area (Å²) < 4.78 is 0. The minimum atomic E-state index is 0.857. The first kappa shape index (κ1) is 15.0. The van der Waals surface area contributed by atoms with Crippen molar-refractivity contribution in [3.05, 3.63) is 45.4 Å². The van der Waals surface area contributed by atoms with Crippen LogP contribution in [-0.2, 0) is 13.1 Å². The van der Waals surface area contributed by atoms with Gasteiger partial charge in [-0.1, -0.05) is 13.0 Å². The molecule has 2 aromatic rings. The van der Waals surface area contributed by atoms with Crippen LogP contribution < -0.4 is 10.2 Å². The molecular formula is C16H23N3S. The molecule has 0 saturated carbocycles. The Kier molecular flexibility index (Phi) is 5.15. The van der Waals surface area contributed by atoms with Crippen LogP contribution in [-0.4, -0.2) is 18.6 Å². The Morgan fingerprint density at radius 3 is 2.70 bits per heavy atom. The lowest BCUT2D eigenvalue weighted by molar-refractivity contribution is 0.723. The van der Waals surface area contributed by atoms with Gasteiger partial charge in [0, 0.05) is 24.7 Å². The molecule has 1 heterocycles. The van der Waals surface area contributed by atoms with E-state index in [2.05, 4.69) is 59.7 Å². The van der Waals surface area contributed by atoms with E-state index in [4.69, 9.17) is 0 Å². The Morgan fingerprint density at radius 1 is 1.30 bits per heavy atom. The smallest absolute Gasteiger partial charge is 0.0898 e. The summed E-state index contributed by atoms with van der Waals surface area (Å²) in [5, 5.41) is 6.64. The molecule has 4 heteroatoms. The predicted octanol–water partition coefficient (Wildman–Crippen LogP) is 3.51. The number of rotatable bonds is 6. The van der Waals surface area contributed by atoms with Gasteiger partial charge in [0.1, 0.15) is 0 Å². The normalized spacial score (nSPS) is 10.8. The molecule has 0 fully saturated rings. The van der Waals surface area contributed by atoms with Gasteiger partial charge >= 0.3 is 0 Å². The fraction of sp³-hybridized carbons (Fsp3) is 0.438. The van der Waals surface area contributed by atoms with E-state index < -0.39 is 0 Å². The van der Waals surface area contributed by atoms with Crippen LogP contribution in [0.25, 0.3) is 0 Å². The summed E-state index contributed by atoms with van der Waals surface area (Å²) in [6.45, 7) is 9.16. The molecule has 20 heavy (non-hydrogen) atoms. The Morgan fingerprint density at radius 2 is 2.10 bits per heavy atom. The summed E-state index contributed by atoms with van der Waals surface area (Å²) in [4.78, 5) is 6.77. The van der Waals surface area contributed by atoms with E-state index in [0.717, 1.165) is 30.3 Å². The summed E-state index contributed by atoms with van der Waals surface area (Å²) in [6.07, 6.45) is 0. The van der Waals surface area contributed by atoms with Crippen molar-refractivity contribution in [2.24, 2.45) is 0 Å². The highest BCUT2D eigenvalue weighted by atomic mass is 32.1. The van der Waals surface area contributed by atoms with Gasteiger partial charge in [0.05, 0.1) is 17.2 Å². The average molecular weight is 289 g/mol. The molecule has 1 aromatic heterocycles. The number of hydrogen-bond donors (Lipinski definition) is 1. The molecule has 0 aliphatic carbocycles. The number of anilines is 1. The summed E-state index contributed by atoms with van der Waals surface area (Å²) >= 11 is 1.71. The zero-order valence-electron chi connectivity index (χ0n) is 12.7. The summed E-state index contributed by atoms with van der Waals surface area (Å²) in [5.74, 6) is 0. The number of aromatic nitrogens is 1. The summed E-state index contributed by atoms with van der Waals surface area (Å²) in [6, 6.07) is 6.67. The second kappa shape index (κ2) is 6.86. The van der Waals surface area contributed by atoms with E-state index >= 15 is 0 Å². The molecule has 1 N–H and O–H groups in total. The maximum atomic E-state index is 4.52. The lowest BCUT2D eigenvalue weighted by Gasteiger charge is -2.20. The third kappa shape index (κ3) is 3.81. The fourth-order valence-electron chi connectivity index (χ4n) is 2.19. The lowest BCUT2D eigenvalue weighted by atomic mass is 10.1. The van der Waals surface area contributed by atoms with E-state index in [0.29, 0.717) is 0 Å². The Bertz CT molecular complexity index is 563. The van der Waals surface area contributed by atoms with Crippen LogP contribution in [0.15, 0.2) is 23.6 Å². The zero-order chi connectivity index (χ0) is 14.5. The standard InChI is InChI=1S/C16H23N3S/c1-5-17-9-14-6-7-16(8-12(14)2)19(4)10-15-11-20-13(3)18-15/h6-8,11,17H,5,9-10H2,1-4H3. The van der Waals surface area contributed by atoms with Crippen LogP contribution in [0, 0.1) is 13.8 Å². The van der Waals surface area contributed by atoms with E-state index in [9.17, 15) is 0 Å². The molecule has 0 unspecified atom stereocenters. The zero-order valence-corrected chi connectivity index (χ0v) is 13.5. The van der Waals surface area contributed by atoms with Gasteiger partial charge in [0.25, 0.3) is 0 Å². The van der Waals surface area contributed by atoms with Crippen LogP contribution in [0.5, 0.6) is 0 Å². The van der Waals surface area contributed by atoms with E-state index in [1.807, 2.05) is 6.92 Å². The molecule has 0 aliphatic rings. The molecule has 0 atom stereocenters. The average Bonchev–Trinajstić information content (AvgIpc) is 2.82. The van der Waals surface area contributed by atoms with Gasteiger partial charge in [0.2, 0.25) is 0 Å². The number of hydrogen-bond acceptors (Lipinski definition) is 4. The first-order valence-corrected chi connectivity index (χ1v) is 7.90. The molecule has 0 radical (unpaired) electrons. The Hall–Kier alpha value is -1.39. The molecule has 108 valence electrons. The van der Waals surface area contributed by atoms with Gasteiger partial charge in [0.15, 0.2) is 0 Å². The Balaban J connectivity index is 2.06. The van der Waals surface area contributed by atoms with Crippen molar-refractivity contribution < 1.29 is 0 Å². The maximum Gasteiger partial charge on any atom is 0.0898 e. The maximum absolute atomic E-state index is 4.52. The van der Waals surface area contributed by atoms with Gasteiger partial charge in [-0.2, -0.15) is 0 Å². The third-order valence-corrected chi connectivity index (χ3v) is 4.22. The van der Waals surface area contributed by atoms with Crippen molar-refractivity contribution in [3.8, 4) is 0 Å². The SMILES string of the molecule is CCNCc1ccc(N(C)Cc2csc(C)n2)cc1C. The first-order valence-electron chi connectivity index (χ1n) is 7.02. The van der Waals surface area contributed by atoms with E-state index in [-0.39, 0.29) is 0 Å². The quantitative estimate of drug-likeness (QED) is 0.882. The molecule has 0 aliphatic heterocycles. The first-order chi connectivity index (χ1) is 9.60. The molecule has 3 nitrogen and oxygen atoms in total. The molecule has 0 bridgehead atoms. The van der Waals surface area contributed by atoms with Crippen molar-refractivity contribution in [2.45, 2.75) is 33.9 Å².